The molecule has 0 spiro atoms. The van der Waals surface area contributed by atoms with E-state index in [1.54, 1.807) is 26.4 Å². The molecule has 166 valence electrons. The number of hydrogen-bond acceptors (Lipinski definition) is 6. The molecule has 7 nitrogen and oxygen atoms in total. The highest BCUT2D eigenvalue weighted by Gasteiger charge is 2.26. The van der Waals surface area contributed by atoms with Gasteiger partial charge in [0.2, 0.25) is 5.91 Å². The van der Waals surface area contributed by atoms with E-state index in [0.717, 1.165) is 54.4 Å². The summed E-state index contributed by atoms with van der Waals surface area (Å²) in [6, 6.07) is 12.2. The van der Waals surface area contributed by atoms with Gasteiger partial charge in [0.05, 0.1) is 19.0 Å². The molecule has 0 radical (unpaired) electrons. The Morgan fingerprint density at radius 1 is 1.22 bits per heavy atom. The number of methoxy groups -OCH3 is 1. The Kier molecular flexibility index (Phi) is 6.63. The summed E-state index contributed by atoms with van der Waals surface area (Å²) in [5.41, 5.74) is 3.87. The van der Waals surface area contributed by atoms with Crippen LogP contribution in [0.1, 0.15) is 44.0 Å². The molecule has 1 saturated heterocycles. The van der Waals surface area contributed by atoms with Crippen molar-refractivity contribution in [1.82, 2.24) is 19.9 Å². The van der Waals surface area contributed by atoms with Crippen LogP contribution in [-0.4, -0.2) is 46.0 Å². The number of nitrogens with zero attached hydrogens (tertiary/aromatic N) is 4. The number of piperidine rings is 1. The van der Waals surface area contributed by atoms with E-state index in [4.69, 9.17) is 14.7 Å². The van der Waals surface area contributed by atoms with Crippen molar-refractivity contribution in [2.75, 3.05) is 25.5 Å². The van der Waals surface area contributed by atoms with Gasteiger partial charge in [-0.05, 0) is 43.0 Å². The van der Waals surface area contributed by atoms with Gasteiger partial charge >= 0.3 is 0 Å². The number of carbonyl (C=O) groups is 1. The average Bonchev–Trinajstić information content (AvgIpc) is 2.84. The average molecular weight is 432 g/mol. The highest BCUT2D eigenvalue weighted by molar-refractivity contribution is 5.73. The van der Waals surface area contributed by atoms with Crippen LogP contribution in [0.2, 0.25) is 0 Å². The lowest BCUT2D eigenvalue weighted by Gasteiger charge is -2.31. The molecule has 32 heavy (non-hydrogen) atoms. The van der Waals surface area contributed by atoms with Crippen LogP contribution in [0.3, 0.4) is 0 Å². The maximum Gasteiger partial charge on any atom is 0.219 e. The van der Waals surface area contributed by atoms with Crippen LogP contribution in [0.15, 0.2) is 48.8 Å². The topological polar surface area (TPSA) is 80.2 Å². The molecule has 2 aromatic heterocycles. The summed E-state index contributed by atoms with van der Waals surface area (Å²) in [6.07, 6.45) is 6.31. The van der Waals surface area contributed by atoms with E-state index >= 15 is 0 Å². The van der Waals surface area contributed by atoms with Gasteiger partial charge in [0.15, 0.2) is 0 Å². The lowest BCUT2D eigenvalue weighted by atomic mass is 9.97. The van der Waals surface area contributed by atoms with Gasteiger partial charge in [-0.15, -0.1) is 0 Å². The Bertz CT molecular complexity index is 1100. The van der Waals surface area contributed by atoms with Gasteiger partial charge in [0.1, 0.15) is 17.4 Å². The number of carbonyl (C=O) groups excluding carboxylic acids is 1. The Hall–Kier alpha value is -3.48. The van der Waals surface area contributed by atoms with Crippen molar-refractivity contribution in [2.45, 2.75) is 39.0 Å². The summed E-state index contributed by atoms with van der Waals surface area (Å²) < 4.78 is 5.35. The Labute approximate surface area is 188 Å². The third-order valence-corrected chi connectivity index (χ3v) is 5.83. The molecular formula is C25H29N5O2. The van der Waals surface area contributed by atoms with Crippen molar-refractivity contribution in [3.05, 3.63) is 60.2 Å². The van der Waals surface area contributed by atoms with E-state index in [-0.39, 0.29) is 11.8 Å². The minimum Gasteiger partial charge on any atom is -0.495 e. The normalized spacial score (nSPS) is 16.0. The summed E-state index contributed by atoms with van der Waals surface area (Å²) in [6.45, 7) is 5.19. The second-order valence-corrected chi connectivity index (χ2v) is 8.09. The Morgan fingerprint density at radius 2 is 2.09 bits per heavy atom. The molecule has 3 heterocycles. The predicted molar refractivity (Wildman–Crippen MR) is 125 cm³/mol. The minimum absolute atomic E-state index is 0.0914. The zero-order chi connectivity index (χ0) is 22.5. The van der Waals surface area contributed by atoms with Gasteiger partial charge in [-0.2, -0.15) is 0 Å². The summed E-state index contributed by atoms with van der Waals surface area (Å²) in [5.74, 6) is 2.32. The van der Waals surface area contributed by atoms with Crippen molar-refractivity contribution >= 4 is 17.4 Å². The fourth-order valence-electron chi connectivity index (χ4n) is 4.02. The van der Waals surface area contributed by atoms with Crippen molar-refractivity contribution in [1.29, 1.82) is 0 Å². The molecule has 1 aliphatic rings. The van der Waals surface area contributed by atoms with Crippen LogP contribution in [0.5, 0.6) is 5.75 Å². The van der Waals surface area contributed by atoms with Crippen molar-refractivity contribution in [2.24, 2.45) is 0 Å². The van der Waals surface area contributed by atoms with Crippen LogP contribution in [0, 0.1) is 0 Å². The molecule has 3 aromatic rings. The van der Waals surface area contributed by atoms with Gasteiger partial charge in [-0.3, -0.25) is 9.78 Å². The van der Waals surface area contributed by atoms with Gasteiger partial charge in [-0.1, -0.05) is 19.1 Å². The summed E-state index contributed by atoms with van der Waals surface area (Å²) in [7, 11) is 1.62. The van der Waals surface area contributed by atoms with E-state index < -0.39 is 0 Å². The molecule has 1 atom stereocenters. The van der Waals surface area contributed by atoms with Crippen LogP contribution in [0.25, 0.3) is 11.3 Å². The standard InChI is InChI=1S/C25H29N5O2/c1-4-18-7-5-9-21(11-18)27-24-13-23(20-12-22(32-3)15-26-14-20)28-25(29-24)19-8-6-10-30(16-19)17(2)31/h5,7,9,11-15,19H,4,6,8,10,16H2,1-3H3,(H,27,28,29). The maximum absolute atomic E-state index is 12.0. The zero-order valence-electron chi connectivity index (χ0n) is 18.8. The van der Waals surface area contributed by atoms with E-state index in [1.165, 1.54) is 5.56 Å². The van der Waals surface area contributed by atoms with Crippen LogP contribution in [-0.2, 0) is 11.2 Å². The lowest BCUT2D eigenvalue weighted by Crippen LogP contribution is -2.38. The molecule has 7 heteroatoms. The third kappa shape index (κ3) is 5.04. The van der Waals surface area contributed by atoms with Gasteiger partial charge < -0.3 is 15.0 Å². The monoisotopic (exact) mass is 431 g/mol. The number of amides is 1. The first-order valence-electron chi connectivity index (χ1n) is 11.1. The summed E-state index contributed by atoms with van der Waals surface area (Å²) in [5, 5.41) is 3.45. The Morgan fingerprint density at radius 3 is 2.88 bits per heavy atom. The number of benzene rings is 1. The zero-order valence-corrected chi connectivity index (χ0v) is 18.8. The highest BCUT2D eigenvalue weighted by atomic mass is 16.5. The maximum atomic E-state index is 12.0. The first-order valence-corrected chi connectivity index (χ1v) is 11.1. The molecule has 1 unspecified atom stereocenters. The highest BCUT2D eigenvalue weighted by Crippen LogP contribution is 2.30. The number of nitrogens with one attached hydrogen (secondary N) is 1. The second-order valence-electron chi connectivity index (χ2n) is 8.09. The molecule has 1 aliphatic heterocycles. The molecular weight excluding hydrogens is 402 g/mol. The fraction of sp³-hybridized carbons (Fsp3) is 0.360. The molecule has 1 amide bonds. The number of aromatic nitrogens is 3. The van der Waals surface area contributed by atoms with Crippen molar-refractivity contribution in [3.63, 3.8) is 0 Å². The molecule has 0 bridgehead atoms. The second kappa shape index (κ2) is 9.77. The lowest BCUT2D eigenvalue weighted by molar-refractivity contribution is -0.130. The molecule has 4 rings (SSSR count). The molecule has 1 fully saturated rings. The SMILES string of the molecule is CCc1cccc(Nc2cc(-c3cncc(OC)c3)nc(C3CCCN(C(C)=O)C3)n2)c1. The summed E-state index contributed by atoms with van der Waals surface area (Å²) in [4.78, 5) is 27.9. The fourth-order valence-corrected chi connectivity index (χ4v) is 4.02. The van der Waals surface area contributed by atoms with E-state index in [0.29, 0.717) is 12.3 Å². The minimum atomic E-state index is 0.0914. The quantitative estimate of drug-likeness (QED) is 0.615. The largest absolute Gasteiger partial charge is 0.495 e. The van der Waals surface area contributed by atoms with Gasteiger partial charge in [-0.25, -0.2) is 9.97 Å². The Balaban J connectivity index is 1.73. The number of ether oxygens (including phenoxy) is 1. The molecule has 1 aromatic carbocycles. The number of rotatable bonds is 6. The smallest absolute Gasteiger partial charge is 0.219 e. The first kappa shape index (κ1) is 21.7. The number of hydrogen-bond donors (Lipinski definition) is 1. The number of pyridine rings is 1. The van der Waals surface area contributed by atoms with E-state index in [2.05, 4.69) is 29.4 Å². The van der Waals surface area contributed by atoms with Crippen LogP contribution < -0.4 is 10.1 Å². The van der Waals surface area contributed by atoms with E-state index in [1.807, 2.05) is 29.2 Å². The van der Waals surface area contributed by atoms with Crippen molar-refractivity contribution in [3.8, 4) is 17.0 Å². The summed E-state index contributed by atoms with van der Waals surface area (Å²) >= 11 is 0. The number of likely N-dealkylation sites (tertiary alicyclic amines) is 1. The third-order valence-electron chi connectivity index (χ3n) is 5.83. The van der Waals surface area contributed by atoms with Crippen molar-refractivity contribution < 1.29 is 9.53 Å². The van der Waals surface area contributed by atoms with Crippen LogP contribution >= 0.6 is 0 Å². The molecule has 0 aliphatic carbocycles. The first-order chi connectivity index (χ1) is 15.6. The van der Waals surface area contributed by atoms with Gasteiger partial charge in [0, 0.05) is 49.4 Å². The molecule has 1 N–H and O–H groups in total. The predicted octanol–water partition coefficient (Wildman–Crippen LogP) is 4.58. The van der Waals surface area contributed by atoms with Gasteiger partial charge in [0.25, 0.3) is 0 Å². The number of anilines is 2. The number of aryl methyl sites for hydroxylation is 1. The van der Waals surface area contributed by atoms with E-state index in [9.17, 15) is 4.79 Å². The van der Waals surface area contributed by atoms with Crippen LogP contribution in [0.4, 0.5) is 11.5 Å². The molecule has 0 saturated carbocycles.